The first-order chi connectivity index (χ1) is 15.6. The molecule has 0 amide bonds. The number of piperidine rings is 3. The van der Waals surface area contributed by atoms with E-state index in [-0.39, 0.29) is 5.82 Å². The van der Waals surface area contributed by atoms with Gasteiger partial charge in [0.2, 0.25) is 0 Å². The largest absolute Gasteiger partial charge is 0.497 e. The lowest BCUT2D eigenvalue weighted by atomic mass is 9.74. The van der Waals surface area contributed by atoms with Gasteiger partial charge in [0.1, 0.15) is 11.6 Å². The fourth-order valence-electron chi connectivity index (χ4n) is 5.40. The van der Waals surface area contributed by atoms with Crippen molar-refractivity contribution in [3.8, 4) is 17.0 Å². The minimum atomic E-state index is -0.214. The summed E-state index contributed by atoms with van der Waals surface area (Å²) in [6.07, 6.45) is 2.47. The summed E-state index contributed by atoms with van der Waals surface area (Å²) in [5.41, 5.74) is 4.47. The van der Waals surface area contributed by atoms with E-state index in [1.807, 2.05) is 36.0 Å². The predicted molar refractivity (Wildman–Crippen MR) is 124 cm³/mol. The summed E-state index contributed by atoms with van der Waals surface area (Å²) < 4.78 is 20.6. The van der Waals surface area contributed by atoms with Gasteiger partial charge in [0, 0.05) is 49.9 Å². The van der Waals surface area contributed by atoms with Crippen LogP contribution in [0.2, 0.25) is 0 Å². The molecular formula is C26H31FN4O. The van der Waals surface area contributed by atoms with Gasteiger partial charge in [-0.05, 0) is 73.3 Å². The summed E-state index contributed by atoms with van der Waals surface area (Å²) in [4.78, 5) is 2.65. The van der Waals surface area contributed by atoms with E-state index < -0.39 is 0 Å². The highest BCUT2D eigenvalue weighted by molar-refractivity contribution is 5.59. The van der Waals surface area contributed by atoms with E-state index in [2.05, 4.69) is 28.4 Å². The zero-order chi connectivity index (χ0) is 22.1. The van der Waals surface area contributed by atoms with Gasteiger partial charge in [-0.1, -0.05) is 12.1 Å². The number of nitrogens with zero attached hydrogens (tertiary/aromatic N) is 3. The van der Waals surface area contributed by atoms with Crippen molar-refractivity contribution in [3.63, 3.8) is 0 Å². The van der Waals surface area contributed by atoms with Gasteiger partial charge in [-0.2, -0.15) is 5.10 Å². The molecule has 1 aromatic heterocycles. The maximum atomic E-state index is 13.3. The Labute approximate surface area is 189 Å². The number of halogens is 1. The summed E-state index contributed by atoms with van der Waals surface area (Å²) in [6, 6.07) is 17.7. The number of aryl methyl sites for hydroxylation is 1. The van der Waals surface area contributed by atoms with Crippen LogP contribution in [0.1, 0.15) is 30.0 Å². The van der Waals surface area contributed by atoms with Gasteiger partial charge in [0.05, 0.1) is 12.8 Å². The number of hydrogen-bond donors (Lipinski definition) is 1. The Morgan fingerprint density at radius 1 is 1.12 bits per heavy atom. The smallest absolute Gasteiger partial charge is 0.123 e. The van der Waals surface area contributed by atoms with Crippen molar-refractivity contribution >= 4 is 0 Å². The molecule has 1 unspecified atom stereocenters. The van der Waals surface area contributed by atoms with E-state index >= 15 is 0 Å². The van der Waals surface area contributed by atoms with Crippen LogP contribution in [0.4, 0.5) is 4.39 Å². The molecule has 1 N–H and O–H groups in total. The summed E-state index contributed by atoms with van der Waals surface area (Å²) in [5.74, 6) is 1.87. The van der Waals surface area contributed by atoms with Gasteiger partial charge in [0.15, 0.2) is 0 Å². The van der Waals surface area contributed by atoms with Crippen LogP contribution in [0.25, 0.3) is 11.3 Å². The van der Waals surface area contributed by atoms with Crippen LogP contribution in [0, 0.1) is 11.7 Å². The molecule has 6 rings (SSSR count). The molecule has 3 saturated heterocycles. The highest BCUT2D eigenvalue weighted by Crippen LogP contribution is 2.42. The van der Waals surface area contributed by atoms with Crippen LogP contribution in [0.3, 0.4) is 0 Å². The Kier molecular flexibility index (Phi) is 5.98. The van der Waals surface area contributed by atoms with E-state index in [0.29, 0.717) is 17.9 Å². The SMILES string of the molecule is COc1ccc(CNC[C@H]2C[C@@H]3CCN2C[C@@H]3c2cc(-c3ccc(F)cc3)nn2C)cc1. The number of rotatable bonds is 7. The van der Waals surface area contributed by atoms with Gasteiger partial charge in [-0.3, -0.25) is 9.58 Å². The second-order valence-corrected chi connectivity index (χ2v) is 9.10. The monoisotopic (exact) mass is 434 g/mol. The van der Waals surface area contributed by atoms with Crippen molar-refractivity contribution in [2.45, 2.75) is 31.3 Å². The number of hydrogen-bond acceptors (Lipinski definition) is 4. The molecule has 3 aromatic rings. The number of aromatic nitrogens is 2. The van der Waals surface area contributed by atoms with Crippen LogP contribution < -0.4 is 10.1 Å². The van der Waals surface area contributed by atoms with E-state index in [1.54, 1.807) is 7.11 Å². The molecule has 4 heterocycles. The number of fused-ring (bicyclic) bond motifs is 3. The molecule has 0 radical (unpaired) electrons. The Morgan fingerprint density at radius 2 is 1.91 bits per heavy atom. The topological polar surface area (TPSA) is 42.3 Å². The van der Waals surface area contributed by atoms with Gasteiger partial charge in [0.25, 0.3) is 0 Å². The zero-order valence-corrected chi connectivity index (χ0v) is 18.8. The first kappa shape index (κ1) is 21.2. The van der Waals surface area contributed by atoms with Crippen LogP contribution in [-0.2, 0) is 13.6 Å². The predicted octanol–water partition coefficient (Wildman–Crippen LogP) is 4.20. The summed E-state index contributed by atoms with van der Waals surface area (Å²) in [7, 11) is 3.73. The van der Waals surface area contributed by atoms with Crippen LogP contribution in [-0.4, -0.2) is 47.5 Å². The van der Waals surface area contributed by atoms with Gasteiger partial charge < -0.3 is 10.1 Å². The van der Waals surface area contributed by atoms with Crippen molar-refractivity contribution < 1.29 is 9.13 Å². The van der Waals surface area contributed by atoms with Crippen molar-refractivity contribution in [2.24, 2.45) is 13.0 Å². The van der Waals surface area contributed by atoms with Gasteiger partial charge in [-0.25, -0.2) is 4.39 Å². The second-order valence-electron chi connectivity index (χ2n) is 9.10. The number of nitrogens with one attached hydrogen (secondary N) is 1. The van der Waals surface area contributed by atoms with E-state index in [1.165, 1.54) is 42.8 Å². The first-order valence-corrected chi connectivity index (χ1v) is 11.5. The molecule has 4 atom stereocenters. The maximum absolute atomic E-state index is 13.3. The average Bonchev–Trinajstić information content (AvgIpc) is 3.22. The molecule has 3 fully saturated rings. The Morgan fingerprint density at radius 3 is 2.59 bits per heavy atom. The fraction of sp³-hybridized carbons (Fsp3) is 0.423. The minimum absolute atomic E-state index is 0.214. The molecule has 3 aliphatic heterocycles. The third-order valence-electron chi connectivity index (χ3n) is 7.18. The molecule has 0 spiro atoms. The minimum Gasteiger partial charge on any atom is -0.497 e. The molecule has 32 heavy (non-hydrogen) atoms. The standard InChI is InChI=1S/C26H31FN4O/c1-30-26(14-25(29-30)19-5-7-21(27)8-6-19)24-17-31-12-11-20(24)13-22(31)16-28-15-18-3-9-23(32-2)10-4-18/h3-10,14,20,22,24,28H,11-13,15-17H2,1-2H3/t20-,22+,24-/m0/s1. The molecule has 168 valence electrons. The van der Waals surface area contributed by atoms with E-state index in [9.17, 15) is 4.39 Å². The van der Waals surface area contributed by atoms with Crippen LogP contribution in [0.5, 0.6) is 5.75 Å². The molecular weight excluding hydrogens is 403 g/mol. The van der Waals surface area contributed by atoms with Gasteiger partial charge in [-0.15, -0.1) is 0 Å². The lowest BCUT2D eigenvalue weighted by Gasteiger charge is -2.50. The maximum Gasteiger partial charge on any atom is 0.123 e. The summed E-state index contributed by atoms with van der Waals surface area (Å²) in [5, 5.41) is 8.40. The molecule has 3 aliphatic rings. The third-order valence-corrected chi connectivity index (χ3v) is 7.18. The second kappa shape index (κ2) is 9.04. The van der Waals surface area contributed by atoms with Crippen molar-refractivity contribution in [1.82, 2.24) is 20.0 Å². The molecule has 0 aliphatic carbocycles. The van der Waals surface area contributed by atoms with Crippen LogP contribution in [0.15, 0.2) is 54.6 Å². The lowest BCUT2D eigenvalue weighted by Crippen LogP contribution is -2.55. The van der Waals surface area contributed by atoms with Crippen molar-refractivity contribution in [3.05, 3.63) is 71.7 Å². The molecule has 0 saturated carbocycles. The first-order valence-electron chi connectivity index (χ1n) is 11.5. The number of methoxy groups -OCH3 is 1. The van der Waals surface area contributed by atoms with Crippen molar-refractivity contribution in [1.29, 1.82) is 0 Å². The van der Waals surface area contributed by atoms with E-state index in [4.69, 9.17) is 9.84 Å². The summed E-state index contributed by atoms with van der Waals surface area (Å²) in [6.45, 7) is 4.16. The highest BCUT2D eigenvalue weighted by atomic mass is 19.1. The number of benzene rings is 2. The average molecular weight is 435 g/mol. The molecule has 2 aromatic carbocycles. The molecule has 6 heteroatoms. The van der Waals surface area contributed by atoms with Gasteiger partial charge >= 0.3 is 0 Å². The Balaban J connectivity index is 1.21. The summed E-state index contributed by atoms with van der Waals surface area (Å²) >= 11 is 0. The molecule has 5 nitrogen and oxygen atoms in total. The molecule has 2 bridgehead atoms. The Bertz CT molecular complexity index is 1050. The Hall–Kier alpha value is -2.70. The lowest BCUT2D eigenvalue weighted by molar-refractivity contribution is 0.0282. The highest BCUT2D eigenvalue weighted by Gasteiger charge is 2.41. The quantitative estimate of drug-likeness (QED) is 0.605. The third kappa shape index (κ3) is 4.30. The zero-order valence-electron chi connectivity index (χ0n) is 18.8. The number of ether oxygens (including phenoxy) is 1. The normalized spacial score (nSPS) is 24.6. The fourth-order valence-corrected chi connectivity index (χ4v) is 5.40. The van der Waals surface area contributed by atoms with Crippen LogP contribution >= 0.6 is 0 Å². The van der Waals surface area contributed by atoms with Crippen molar-refractivity contribution in [2.75, 3.05) is 26.7 Å². The van der Waals surface area contributed by atoms with E-state index in [0.717, 1.165) is 36.6 Å².